The smallest absolute Gasteiger partial charge is 0.410 e. The summed E-state index contributed by atoms with van der Waals surface area (Å²) in [7, 11) is 0. The first-order chi connectivity index (χ1) is 26.9. The van der Waals surface area contributed by atoms with Crippen LogP contribution >= 0.6 is 0 Å². The first kappa shape index (κ1) is 48.3. The number of rotatable bonds is 5. The maximum atomic E-state index is 14.7. The number of benzene rings is 2. The van der Waals surface area contributed by atoms with E-state index in [1.54, 1.807) is 21.9 Å². The zero-order chi connectivity index (χ0) is 41.8. The molecule has 0 bridgehead atoms. The Labute approximate surface area is 344 Å². The van der Waals surface area contributed by atoms with Gasteiger partial charge in [-0.25, -0.2) is 18.4 Å². The fourth-order valence-corrected chi connectivity index (χ4v) is 6.75. The van der Waals surface area contributed by atoms with E-state index >= 15 is 0 Å². The number of piperazine rings is 2. The molecular formula is C43H68F2N6O7. The van der Waals surface area contributed by atoms with Crippen molar-refractivity contribution in [2.75, 3.05) is 102 Å². The lowest BCUT2D eigenvalue weighted by Gasteiger charge is -2.40. The van der Waals surface area contributed by atoms with Gasteiger partial charge in [0.15, 0.2) is 6.29 Å². The summed E-state index contributed by atoms with van der Waals surface area (Å²) in [6.07, 6.45) is 0.0468. The van der Waals surface area contributed by atoms with Gasteiger partial charge in [-0.15, -0.1) is 0 Å². The minimum Gasteiger partial charge on any atom is -0.444 e. The van der Waals surface area contributed by atoms with Crippen molar-refractivity contribution >= 4 is 29.8 Å². The molecule has 0 aromatic heterocycles. The number of aldehydes is 1. The number of carbonyl (C=O) groups excluding carboxylic acids is 3. The molecule has 0 unspecified atom stereocenters. The number of amides is 2. The molecule has 13 nitrogen and oxygen atoms in total. The Bertz CT molecular complexity index is 1610. The van der Waals surface area contributed by atoms with Crippen LogP contribution in [0.5, 0.6) is 0 Å². The Morgan fingerprint density at radius 3 is 1.69 bits per heavy atom. The lowest BCUT2D eigenvalue weighted by Crippen LogP contribution is -2.54. The van der Waals surface area contributed by atoms with Crippen molar-refractivity contribution in [1.82, 2.24) is 20.0 Å². The van der Waals surface area contributed by atoms with Gasteiger partial charge in [-0.2, -0.15) is 0 Å². The standard InChI is InChI=1S/C21H32FN3O3.C11H12FNO2.C10H20N2O2.CH4/c1-16-14-23(7-8-25(16)20(26)28-21(2,3)4)15-17-5-6-18(13-19(17)22)24-9-11-27-12-10-24;12-11-7-10(2-1-9(11)8-14)13-3-5-15-6-4-13;1-8-7-11-5-6-12(8)9(13)14-10(2,3)4;/h5-6,13,16H,7-12,14-15H2,1-4H3;1-2,7-8H,3-6H2;8,11H,5-7H2,1-4H3;1H4/t16-;;8-;/m0.0./s1. The van der Waals surface area contributed by atoms with Crippen molar-refractivity contribution in [2.24, 2.45) is 0 Å². The number of carbonyl (C=O) groups is 3. The van der Waals surface area contributed by atoms with E-state index in [4.69, 9.17) is 18.9 Å². The summed E-state index contributed by atoms with van der Waals surface area (Å²) >= 11 is 0. The third-order valence-electron chi connectivity index (χ3n) is 9.76. The summed E-state index contributed by atoms with van der Waals surface area (Å²) in [6.45, 7) is 26.1. The van der Waals surface area contributed by atoms with Crippen LogP contribution < -0.4 is 15.1 Å². The predicted octanol–water partition coefficient (Wildman–Crippen LogP) is 6.43. The van der Waals surface area contributed by atoms with Crippen molar-refractivity contribution in [1.29, 1.82) is 0 Å². The summed E-state index contributed by atoms with van der Waals surface area (Å²) in [4.78, 5) is 44.4. The molecule has 0 spiro atoms. The molecular weight excluding hydrogens is 751 g/mol. The number of hydrogen-bond donors (Lipinski definition) is 1. The van der Waals surface area contributed by atoms with Gasteiger partial charge in [0.2, 0.25) is 0 Å². The molecule has 0 aliphatic carbocycles. The molecule has 326 valence electrons. The number of hydrogen-bond acceptors (Lipinski definition) is 11. The fourth-order valence-electron chi connectivity index (χ4n) is 6.75. The minimum absolute atomic E-state index is 0. The van der Waals surface area contributed by atoms with Gasteiger partial charge in [-0.05, 0) is 85.7 Å². The van der Waals surface area contributed by atoms with Crippen LogP contribution in [0.4, 0.5) is 29.7 Å². The van der Waals surface area contributed by atoms with E-state index < -0.39 is 17.0 Å². The van der Waals surface area contributed by atoms with Gasteiger partial charge in [0.25, 0.3) is 0 Å². The molecule has 4 fully saturated rings. The van der Waals surface area contributed by atoms with Crippen molar-refractivity contribution in [2.45, 2.75) is 92.6 Å². The largest absolute Gasteiger partial charge is 0.444 e. The van der Waals surface area contributed by atoms with Crippen LogP contribution in [0.2, 0.25) is 0 Å². The Morgan fingerprint density at radius 1 is 0.741 bits per heavy atom. The molecule has 15 heteroatoms. The highest BCUT2D eigenvalue weighted by Gasteiger charge is 2.31. The second kappa shape index (κ2) is 22.4. The van der Waals surface area contributed by atoms with Crippen molar-refractivity contribution in [3.63, 3.8) is 0 Å². The number of nitrogens with one attached hydrogen (secondary N) is 1. The number of ether oxygens (including phenoxy) is 4. The molecule has 0 radical (unpaired) electrons. The molecule has 6 rings (SSSR count). The van der Waals surface area contributed by atoms with Gasteiger partial charge in [0.1, 0.15) is 22.8 Å². The normalized spacial score (nSPS) is 20.4. The molecule has 58 heavy (non-hydrogen) atoms. The topological polar surface area (TPSA) is 116 Å². The minimum atomic E-state index is -0.501. The van der Waals surface area contributed by atoms with Gasteiger partial charge in [0.05, 0.1) is 32.0 Å². The van der Waals surface area contributed by atoms with E-state index in [2.05, 4.69) is 15.1 Å². The zero-order valence-electron chi connectivity index (χ0n) is 35.2. The number of anilines is 2. The Hall–Kier alpha value is -4.05. The second-order valence-electron chi connectivity index (χ2n) is 16.8. The van der Waals surface area contributed by atoms with Crippen molar-refractivity contribution < 1.29 is 42.1 Å². The van der Waals surface area contributed by atoms with Gasteiger partial charge in [0, 0.05) is 101 Å². The molecule has 4 aliphatic rings. The maximum absolute atomic E-state index is 14.7. The summed E-state index contributed by atoms with van der Waals surface area (Å²) in [5.41, 5.74) is 1.61. The van der Waals surface area contributed by atoms with E-state index in [0.29, 0.717) is 64.5 Å². The van der Waals surface area contributed by atoms with Crippen molar-refractivity contribution in [3.8, 4) is 0 Å². The van der Waals surface area contributed by atoms with E-state index in [0.717, 1.165) is 57.2 Å². The van der Waals surface area contributed by atoms with Crippen LogP contribution in [0.1, 0.15) is 78.7 Å². The first-order valence-corrected chi connectivity index (χ1v) is 20.0. The summed E-state index contributed by atoms with van der Waals surface area (Å²) in [6, 6.07) is 10.4. The van der Waals surface area contributed by atoms with Crippen LogP contribution in [-0.4, -0.2) is 148 Å². The highest BCUT2D eigenvalue weighted by atomic mass is 19.1. The van der Waals surface area contributed by atoms with Crippen LogP contribution in [0, 0.1) is 11.6 Å². The van der Waals surface area contributed by atoms with Gasteiger partial charge in [-0.3, -0.25) is 9.69 Å². The number of morpholine rings is 2. The van der Waals surface area contributed by atoms with Crippen LogP contribution in [-0.2, 0) is 25.5 Å². The highest BCUT2D eigenvalue weighted by molar-refractivity contribution is 5.76. The zero-order valence-corrected chi connectivity index (χ0v) is 35.2. The average Bonchev–Trinajstić information content (AvgIpc) is 3.15. The SMILES string of the molecule is C.C[C@H]1CN(Cc2ccc(N3CCOCC3)cc2F)CCN1C(=O)OC(C)(C)C.C[C@H]1CNCCN1C(=O)OC(C)(C)C.O=Cc1ccc(N2CCOCC2)cc1F. The lowest BCUT2D eigenvalue weighted by molar-refractivity contribution is 0.000353. The Balaban J connectivity index is 0.000000254. The van der Waals surface area contributed by atoms with Gasteiger partial charge >= 0.3 is 12.2 Å². The van der Waals surface area contributed by atoms with E-state index in [1.165, 1.54) is 12.1 Å². The lowest BCUT2D eigenvalue weighted by atomic mass is 10.1. The number of nitrogens with zero attached hydrogens (tertiary/aromatic N) is 5. The van der Waals surface area contributed by atoms with Crippen molar-refractivity contribution in [3.05, 3.63) is 59.2 Å². The fraction of sp³-hybridized carbons (Fsp3) is 0.651. The van der Waals surface area contributed by atoms with Crippen LogP contribution in [0.25, 0.3) is 0 Å². The van der Waals surface area contributed by atoms with E-state index in [-0.39, 0.29) is 43.1 Å². The molecule has 2 aromatic carbocycles. The van der Waals surface area contributed by atoms with Crippen LogP contribution in [0.15, 0.2) is 36.4 Å². The molecule has 2 atom stereocenters. The Kier molecular flexibility index (Phi) is 18.6. The monoisotopic (exact) mass is 819 g/mol. The third-order valence-corrected chi connectivity index (χ3v) is 9.76. The van der Waals surface area contributed by atoms with Gasteiger partial charge in [-0.1, -0.05) is 13.5 Å². The van der Waals surface area contributed by atoms with Crippen LogP contribution in [0.3, 0.4) is 0 Å². The highest BCUT2D eigenvalue weighted by Crippen LogP contribution is 2.23. The van der Waals surface area contributed by atoms with E-state index in [9.17, 15) is 23.2 Å². The summed E-state index contributed by atoms with van der Waals surface area (Å²) in [5, 5.41) is 3.23. The maximum Gasteiger partial charge on any atom is 0.410 e. The molecule has 4 aliphatic heterocycles. The molecule has 2 amide bonds. The molecule has 4 saturated heterocycles. The molecule has 2 aromatic rings. The van der Waals surface area contributed by atoms with Gasteiger partial charge < -0.3 is 43.9 Å². The quantitative estimate of drug-likeness (QED) is 0.337. The summed E-state index contributed by atoms with van der Waals surface area (Å²) < 4.78 is 49.4. The molecule has 0 saturated carbocycles. The number of halogens is 2. The summed E-state index contributed by atoms with van der Waals surface area (Å²) in [5.74, 6) is -0.639. The molecule has 1 N–H and O–H groups in total. The second-order valence-corrected chi connectivity index (χ2v) is 16.8. The predicted molar refractivity (Wildman–Crippen MR) is 224 cm³/mol. The Morgan fingerprint density at radius 2 is 1.24 bits per heavy atom. The average molecular weight is 819 g/mol. The third kappa shape index (κ3) is 15.3. The first-order valence-electron chi connectivity index (χ1n) is 20.0. The van der Waals surface area contributed by atoms with E-state index in [1.807, 2.05) is 72.4 Å². The molecule has 4 heterocycles.